The summed E-state index contributed by atoms with van der Waals surface area (Å²) in [6.07, 6.45) is -4.26. The fourth-order valence-electron chi connectivity index (χ4n) is 2.95. The number of aliphatic hydroxyl groups is 4. The first-order chi connectivity index (χ1) is 15.9. The Morgan fingerprint density at radius 1 is 0.848 bits per heavy atom. The first-order valence-electron chi connectivity index (χ1n) is 11.1. The van der Waals surface area contributed by atoms with Gasteiger partial charge < -0.3 is 54.7 Å². The number of nitrogens with one attached hydrogen (secondary N) is 2. The van der Waals surface area contributed by atoms with E-state index in [-0.39, 0.29) is 19.1 Å². The summed E-state index contributed by atoms with van der Waals surface area (Å²) >= 11 is 0. The van der Waals surface area contributed by atoms with E-state index in [0.29, 0.717) is 39.3 Å². The minimum atomic E-state index is -1.48. The molecule has 1 aliphatic rings. The second kappa shape index (κ2) is 17.8. The van der Waals surface area contributed by atoms with E-state index in [1.165, 1.54) is 7.11 Å². The normalized spacial score (nSPS) is 24.9. The van der Waals surface area contributed by atoms with Crippen LogP contribution in [-0.2, 0) is 28.5 Å². The topological polar surface area (TPSA) is 185 Å². The zero-order valence-electron chi connectivity index (χ0n) is 19.0. The zero-order valence-corrected chi connectivity index (χ0v) is 19.0. The third-order valence-electron chi connectivity index (χ3n) is 4.83. The summed E-state index contributed by atoms with van der Waals surface area (Å²) in [7, 11) is 1.31. The van der Waals surface area contributed by atoms with Crippen LogP contribution in [-0.4, -0.2) is 123 Å². The molecule has 2 unspecified atom stereocenters. The average molecular weight is 483 g/mol. The minimum absolute atomic E-state index is 0.0545. The summed E-state index contributed by atoms with van der Waals surface area (Å²) in [6, 6.07) is 0. The molecular weight excluding hydrogens is 444 g/mol. The summed E-state index contributed by atoms with van der Waals surface area (Å²) in [5.74, 6) is -0.0545. The molecule has 1 aliphatic heterocycles. The molecule has 0 bridgehead atoms. The second-order valence-electron chi connectivity index (χ2n) is 7.37. The van der Waals surface area contributed by atoms with Crippen molar-refractivity contribution in [3.05, 3.63) is 0 Å². The Morgan fingerprint density at radius 2 is 1.55 bits per heavy atom. The molecule has 13 heteroatoms. The Labute approximate surface area is 193 Å². The SMILES string of the molecule is COC(=O)NCCCCCC(=O)NCCOCCOCCO[C@@H]1OC(CO)[C@H](O)[C@H](O)C1O. The molecule has 0 radical (unpaired) electrons. The largest absolute Gasteiger partial charge is 0.453 e. The van der Waals surface area contributed by atoms with Crippen LogP contribution in [0, 0.1) is 0 Å². The molecule has 13 nitrogen and oxygen atoms in total. The van der Waals surface area contributed by atoms with Gasteiger partial charge in [0.2, 0.25) is 5.91 Å². The number of methoxy groups -OCH3 is 1. The molecule has 1 fully saturated rings. The first-order valence-corrected chi connectivity index (χ1v) is 11.1. The molecule has 1 rings (SSSR count). The van der Waals surface area contributed by atoms with Gasteiger partial charge in [0.05, 0.1) is 46.8 Å². The van der Waals surface area contributed by atoms with E-state index in [2.05, 4.69) is 15.4 Å². The van der Waals surface area contributed by atoms with Crippen molar-refractivity contribution in [2.75, 3.05) is 59.8 Å². The van der Waals surface area contributed by atoms with Gasteiger partial charge in [-0.1, -0.05) is 6.42 Å². The van der Waals surface area contributed by atoms with Crippen LogP contribution in [0.3, 0.4) is 0 Å². The van der Waals surface area contributed by atoms with Gasteiger partial charge in [-0.3, -0.25) is 4.79 Å². The quantitative estimate of drug-likeness (QED) is 0.124. The summed E-state index contributed by atoms with van der Waals surface area (Å²) < 4.78 is 25.6. The molecule has 0 aromatic heterocycles. The third-order valence-corrected chi connectivity index (χ3v) is 4.83. The molecule has 0 saturated carbocycles. The van der Waals surface area contributed by atoms with Gasteiger partial charge in [-0.05, 0) is 12.8 Å². The van der Waals surface area contributed by atoms with Gasteiger partial charge >= 0.3 is 6.09 Å². The number of unbranched alkanes of at least 4 members (excludes halogenated alkanes) is 2. The number of amides is 2. The van der Waals surface area contributed by atoms with E-state index in [9.17, 15) is 24.9 Å². The van der Waals surface area contributed by atoms with Gasteiger partial charge in [-0.25, -0.2) is 4.79 Å². The molecule has 0 aromatic rings. The zero-order chi connectivity index (χ0) is 24.5. The molecule has 5 atom stereocenters. The van der Waals surface area contributed by atoms with Gasteiger partial charge in [-0.2, -0.15) is 0 Å². The maximum atomic E-state index is 11.7. The standard InChI is InChI=1S/C20H38N2O11/c1-29-20(28)22-6-4-2-3-5-15(24)21-7-8-30-9-10-31-11-12-32-19-18(27)17(26)16(25)14(13-23)33-19/h14,16-19,23,25-27H,2-13H2,1H3,(H,21,24)(H,22,28)/t14?,16-,17-,18?,19+/m0/s1. The van der Waals surface area contributed by atoms with Gasteiger partial charge in [-0.15, -0.1) is 0 Å². The average Bonchev–Trinajstić information content (AvgIpc) is 2.81. The van der Waals surface area contributed by atoms with E-state index in [4.69, 9.17) is 24.1 Å². The van der Waals surface area contributed by atoms with Gasteiger partial charge in [0.1, 0.15) is 24.4 Å². The van der Waals surface area contributed by atoms with Crippen molar-refractivity contribution in [1.82, 2.24) is 10.6 Å². The number of hydrogen-bond acceptors (Lipinski definition) is 11. The van der Waals surface area contributed by atoms with Crippen molar-refractivity contribution in [2.24, 2.45) is 0 Å². The van der Waals surface area contributed by atoms with Crippen molar-refractivity contribution >= 4 is 12.0 Å². The molecular formula is C20H38N2O11. The highest BCUT2D eigenvalue weighted by Gasteiger charge is 2.43. The Bertz CT molecular complexity index is 538. The van der Waals surface area contributed by atoms with Crippen molar-refractivity contribution in [3.63, 3.8) is 0 Å². The van der Waals surface area contributed by atoms with Crippen LogP contribution in [0.15, 0.2) is 0 Å². The Morgan fingerprint density at radius 3 is 2.24 bits per heavy atom. The number of rotatable bonds is 17. The lowest BCUT2D eigenvalue weighted by Crippen LogP contribution is -2.59. The number of ether oxygens (including phenoxy) is 5. The Hall–Kier alpha value is -1.58. The van der Waals surface area contributed by atoms with Crippen molar-refractivity contribution < 1.29 is 53.7 Å². The van der Waals surface area contributed by atoms with Crippen LogP contribution < -0.4 is 10.6 Å². The van der Waals surface area contributed by atoms with Crippen LogP contribution in [0.25, 0.3) is 0 Å². The summed E-state index contributed by atoms with van der Waals surface area (Å²) in [5.41, 5.74) is 0. The fourth-order valence-corrected chi connectivity index (χ4v) is 2.95. The van der Waals surface area contributed by atoms with E-state index in [1.807, 2.05) is 0 Å². The lowest BCUT2D eigenvalue weighted by molar-refractivity contribution is -0.302. The highest BCUT2D eigenvalue weighted by molar-refractivity contribution is 5.75. The predicted molar refractivity (Wildman–Crippen MR) is 113 cm³/mol. The maximum Gasteiger partial charge on any atom is 0.406 e. The van der Waals surface area contributed by atoms with Gasteiger partial charge in [0, 0.05) is 19.5 Å². The molecule has 0 spiro atoms. The second-order valence-corrected chi connectivity index (χ2v) is 7.37. The van der Waals surface area contributed by atoms with Crippen LogP contribution in [0.1, 0.15) is 25.7 Å². The molecule has 0 aliphatic carbocycles. The maximum absolute atomic E-state index is 11.7. The number of carbonyl (C=O) groups is 2. The van der Waals surface area contributed by atoms with E-state index < -0.39 is 43.4 Å². The minimum Gasteiger partial charge on any atom is -0.453 e. The fraction of sp³-hybridized carbons (Fsp3) is 0.900. The Balaban J connectivity index is 1.91. The molecule has 1 heterocycles. The van der Waals surface area contributed by atoms with Crippen molar-refractivity contribution in [1.29, 1.82) is 0 Å². The first kappa shape index (κ1) is 29.5. The Kier molecular flexibility index (Phi) is 15.9. The summed E-state index contributed by atoms with van der Waals surface area (Å²) in [5, 5.41) is 43.7. The third kappa shape index (κ3) is 12.5. The number of alkyl carbamates (subject to hydrolysis) is 1. The number of aliphatic hydroxyl groups excluding tert-OH is 4. The van der Waals surface area contributed by atoms with Crippen molar-refractivity contribution in [2.45, 2.75) is 56.4 Å². The smallest absolute Gasteiger partial charge is 0.406 e. The lowest BCUT2D eigenvalue weighted by Gasteiger charge is -2.39. The summed E-state index contributed by atoms with van der Waals surface area (Å²) in [4.78, 5) is 22.6. The lowest BCUT2D eigenvalue weighted by atomic mass is 9.99. The number of hydrogen-bond donors (Lipinski definition) is 6. The molecule has 33 heavy (non-hydrogen) atoms. The van der Waals surface area contributed by atoms with Crippen LogP contribution in [0.4, 0.5) is 4.79 Å². The van der Waals surface area contributed by atoms with Crippen LogP contribution >= 0.6 is 0 Å². The van der Waals surface area contributed by atoms with Gasteiger partial charge in [0.15, 0.2) is 6.29 Å². The highest BCUT2D eigenvalue weighted by atomic mass is 16.7. The molecule has 194 valence electrons. The predicted octanol–water partition coefficient (Wildman–Crippen LogP) is -2.13. The molecule has 2 amide bonds. The van der Waals surface area contributed by atoms with Crippen LogP contribution in [0.5, 0.6) is 0 Å². The molecule has 0 aromatic carbocycles. The van der Waals surface area contributed by atoms with E-state index in [1.54, 1.807) is 0 Å². The van der Waals surface area contributed by atoms with Crippen molar-refractivity contribution in [3.8, 4) is 0 Å². The highest BCUT2D eigenvalue weighted by Crippen LogP contribution is 2.21. The number of carbonyl (C=O) groups excluding carboxylic acids is 2. The molecule has 1 saturated heterocycles. The monoisotopic (exact) mass is 482 g/mol. The van der Waals surface area contributed by atoms with Gasteiger partial charge in [0.25, 0.3) is 0 Å². The summed E-state index contributed by atoms with van der Waals surface area (Å²) in [6.45, 7) is 1.61. The van der Waals surface area contributed by atoms with Crippen LogP contribution in [0.2, 0.25) is 0 Å². The van der Waals surface area contributed by atoms with E-state index in [0.717, 1.165) is 19.3 Å². The molecule has 6 N–H and O–H groups in total. The van der Waals surface area contributed by atoms with E-state index >= 15 is 0 Å².